The smallest absolute Gasteiger partial charge is 0.360 e. The Labute approximate surface area is 175 Å². The molecule has 0 saturated heterocycles. The van der Waals surface area contributed by atoms with Gasteiger partial charge in [-0.1, -0.05) is 18.2 Å². The van der Waals surface area contributed by atoms with Gasteiger partial charge >= 0.3 is 11.2 Å². The lowest BCUT2D eigenvalue weighted by molar-refractivity contribution is -0.385. The number of hydrogen-bond donors (Lipinski definition) is 2. The van der Waals surface area contributed by atoms with Gasteiger partial charge in [0.1, 0.15) is 5.65 Å². The largest absolute Gasteiger partial charge is 0.376 e. The second-order valence-electron chi connectivity index (χ2n) is 6.54. The molecule has 31 heavy (non-hydrogen) atoms. The summed E-state index contributed by atoms with van der Waals surface area (Å²) < 4.78 is 1.12. The molecule has 1 aromatic carbocycles. The van der Waals surface area contributed by atoms with Crippen LogP contribution in [0.25, 0.3) is 5.65 Å². The average molecular weight is 416 g/mol. The molecule has 0 radical (unpaired) electrons. The van der Waals surface area contributed by atoms with E-state index in [1.807, 2.05) is 0 Å². The molecular weight excluding hydrogens is 400 g/mol. The zero-order chi connectivity index (χ0) is 21.8. The number of nitrogens with zero attached hydrogens (tertiary/aromatic N) is 4. The highest BCUT2D eigenvalue weighted by Gasteiger charge is 2.23. The van der Waals surface area contributed by atoms with Crippen LogP contribution in [0.2, 0.25) is 0 Å². The molecule has 4 aromatic rings. The number of fused-ring (bicyclic) bond motifs is 1. The van der Waals surface area contributed by atoms with Gasteiger partial charge in [0.15, 0.2) is 0 Å². The molecular formula is C21H16N6O4. The Morgan fingerprint density at radius 2 is 1.90 bits per heavy atom. The number of carbonyl (C=O) groups excluding carboxylic acids is 1. The lowest BCUT2D eigenvalue weighted by Crippen LogP contribution is -2.21. The van der Waals surface area contributed by atoms with E-state index in [4.69, 9.17) is 0 Å². The molecule has 2 N–H and O–H groups in total. The monoisotopic (exact) mass is 416 g/mol. The Hall–Kier alpha value is -4.60. The number of nitrogens with one attached hydrogen (secondary N) is 2. The standard InChI is InChI=1S/C21H16N6O4/c28-20(15-7-9-22-10-8-15)24-16-5-3-4-14(12-16)13-23-19-18(27(30)31)21(29)26-11-2-1-6-17(26)25-19/h1-12,23H,13H2,(H,24,28). The van der Waals surface area contributed by atoms with Gasteiger partial charge in [0.05, 0.1) is 4.92 Å². The Kier molecular flexibility index (Phi) is 5.35. The summed E-state index contributed by atoms with van der Waals surface area (Å²) in [6, 6.07) is 15.1. The van der Waals surface area contributed by atoms with Crippen molar-refractivity contribution in [1.29, 1.82) is 0 Å². The topological polar surface area (TPSA) is 132 Å². The summed E-state index contributed by atoms with van der Waals surface area (Å²) in [7, 11) is 0. The van der Waals surface area contributed by atoms with Gasteiger partial charge in [-0.05, 0) is 42.0 Å². The number of carbonyl (C=O) groups is 1. The molecule has 10 nitrogen and oxygen atoms in total. The number of rotatable bonds is 6. The molecule has 0 unspecified atom stereocenters. The first-order chi connectivity index (χ1) is 15.0. The fourth-order valence-electron chi connectivity index (χ4n) is 3.02. The summed E-state index contributed by atoms with van der Waals surface area (Å²) in [5.41, 5.74) is 0.648. The molecule has 0 saturated carbocycles. The number of anilines is 2. The van der Waals surface area contributed by atoms with Crippen molar-refractivity contribution < 1.29 is 9.72 Å². The first-order valence-electron chi connectivity index (χ1n) is 9.23. The first kappa shape index (κ1) is 19.7. The van der Waals surface area contributed by atoms with Crippen molar-refractivity contribution in [2.24, 2.45) is 0 Å². The summed E-state index contributed by atoms with van der Waals surface area (Å²) in [6.07, 6.45) is 4.49. The molecule has 0 aliphatic rings. The fourth-order valence-corrected chi connectivity index (χ4v) is 3.02. The summed E-state index contributed by atoms with van der Waals surface area (Å²) in [4.78, 5) is 43.6. The van der Waals surface area contributed by atoms with E-state index in [1.54, 1.807) is 54.6 Å². The van der Waals surface area contributed by atoms with Crippen molar-refractivity contribution in [1.82, 2.24) is 14.4 Å². The number of benzene rings is 1. The van der Waals surface area contributed by atoms with Crippen LogP contribution in [0, 0.1) is 10.1 Å². The van der Waals surface area contributed by atoms with Gasteiger partial charge in [0, 0.05) is 36.4 Å². The Balaban J connectivity index is 1.56. The van der Waals surface area contributed by atoms with Gasteiger partial charge in [0.2, 0.25) is 5.82 Å². The second-order valence-corrected chi connectivity index (χ2v) is 6.54. The third-order valence-corrected chi connectivity index (χ3v) is 4.48. The van der Waals surface area contributed by atoms with Crippen molar-refractivity contribution in [3.63, 3.8) is 0 Å². The van der Waals surface area contributed by atoms with Crippen molar-refractivity contribution in [3.05, 3.63) is 105 Å². The molecule has 4 rings (SSSR count). The van der Waals surface area contributed by atoms with Crippen LogP contribution in [0.3, 0.4) is 0 Å². The molecule has 1 amide bonds. The van der Waals surface area contributed by atoms with E-state index in [1.165, 1.54) is 18.6 Å². The number of hydrogen-bond acceptors (Lipinski definition) is 7. The minimum Gasteiger partial charge on any atom is -0.360 e. The van der Waals surface area contributed by atoms with Crippen LogP contribution in [0.15, 0.2) is 78.0 Å². The van der Waals surface area contributed by atoms with Crippen LogP contribution < -0.4 is 16.2 Å². The number of nitro groups is 1. The van der Waals surface area contributed by atoms with Gasteiger partial charge in [-0.3, -0.25) is 29.1 Å². The van der Waals surface area contributed by atoms with Crippen molar-refractivity contribution in [2.45, 2.75) is 6.54 Å². The lowest BCUT2D eigenvalue weighted by atomic mass is 10.2. The van der Waals surface area contributed by atoms with Crippen LogP contribution in [-0.2, 0) is 6.54 Å². The second kappa shape index (κ2) is 8.41. The predicted molar refractivity (Wildman–Crippen MR) is 114 cm³/mol. The molecule has 0 spiro atoms. The van der Waals surface area contributed by atoms with E-state index in [0.717, 1.165) is 9.96 Å². The summed E-state index contributed by atoms with van der Waals surface area (Å²) in [5.74, 6) is -0.403. The van der Waals surface area contributed by atoms with E-state index in [9.17, 15) is 19.7 Å². The molecule has 154 valence electrons. The molecule has 0 aliphatic heterocycles. The lowest BCUT2D eigenvalue weighted by Gasteiger charge is -2.10. The molecule has 0 fully saturated rings. The van der Waals surface area contributed by atoms with Crippen LogP contribution in [0.1, 0.15) is 15.9 Å². The maximum Gasteiger partial charge on any atom is 0.376 e. The van der Waals surface area contributed by atoms with Gasteiger partial charge in [0.25, 0.3) is 5.91 Å². The van der Waals surface area contributed by atoms with Crippen LogP contribution in [0.4, 0.5) is 17.2 Å². The molecule has 3 heterocycles. The van der Waals surface area contributed by atoms with Crippen LogP contribution in [-0.4, -0.2) is 25.2 Å². The maximum atomic E-state index is 12.5. The van der Waals surface area contributed by atoms with Crippen molar-refractivity contribution in [2.75, 3.05) is 10.6 Å². The molecule has 10 heteroatoms. The highest BCUT2D eigenvalue weighted by molar-refractivity contribution is 6.04. The number of aromatic nitrogens is 3. The van der Waals surface area contributed by atoms with Gasteiger partial charge in [-0.15, -0.1) is 0 Å². The quantitative estimate of drug-likeness (QED) is 0.365. The van der Waals surface area contributed by atoms with Gasteiger partial charge in [-0.25, -0.2) is 4.98 Å². The Morgan fingerprint density at radius 3 is 2.68 bits per heavy atom. The molecule has 0 bridgehead atoms. The minimum atomic E-state index is -0.767. The van der Waals surface area contributed by atoms with Gasteiger partial charge < -0.3 is 10.6 Å². The molecule has 0 aliphatic carbocycles. The van der Waals surface area contributed by atoms with E-state index >= 15 is 0 Å². The van der Waals surface area contributed by atoms with Gasteiger partial charge in [-0.2, -0.15) is 0 Å². The minimum absolute atomic E-state index is 0.118. The third-order valence-electron chi connectivity index (χ3n) is 4.48. The molecule has 0 atom stereocenters. The van der Waals surface area contributed by atoms with Crippen LogP contribution >= 0.6 is 0 Å². The third kappa shape index (κ3) is 4.22. The van der Waals surface area contributed by atoms with E-state index in [2.05, 4.69) is 20.6 Å². The normalized spacial score (nSPS) is 10.6. The molecule has 3 aromatic heterocycles. The fraction of sp³-hybridized carbons (Fsp3) is 0.0476. The zero-order valence-electron chi connectivity index (χ0n) is 16.1. The first-order valence-corrected chi connectivity index (χ1v) is 9.23. The van der Waals surface area contributed by atoms with E-state index in [0.29, 0.717) is 16.9 Å². The van der Waals surface area contributed by atoms with E-state index < -0.39 is 16.2 Å². The SMILES string of the molecule is O=C(Nc1cccc(CNc2nc3ccccn3c(=O)c2[N+](=O)[O-])c1)c1ccncc1. The van der Waals surface area contributed by atoms with Crippen molar-refractivity contribution >= 4 is 28.7 Å². The summed E-state index contributed by atoms with van der Waals surface area (Å²) in [6.45, 7) is 0.162. The number of pyridine rings is 2. The highest BCUT2D eigenvalue weighted by Crippen LogP contribution is 2.20. The Morgan fingerprint density at radius 1 is 1.10 bits per heavy atom. The van der Waals surface area contributed by atoms with E-state index in [-0.39, 0.29) is 18.3 Å². The predicted octanol–water partition coefficient (Wildman–Crippen LogP) is 2.86. The highest BCUT2D eigenvalue weighted by atomic mass is 16.6. The van der Waals surface area contributed by atoms with Crippen LogP contribution in [0.5, 0.6) is 0 Å². The summed E-state index contributed by atoms with van der Waals surface area (Å²) >= 11 is 0. The van der Waals surface area contributed by atoms with Crippen molar-refractivity contribution in [3.8, 4) is 0 Å². The Bertz CT molecular complexity index is 1340. The number of amides is 1. The average Bonchev–Trinajstić information content (AvgIpc) is 2.78. The zero-order valence-corrected chi connectivity index (χ0v) is 16.1. The summed E-state index contributed by atoms with van der Waals surface area (Å²) in [5, 5.41) is 17.1. The maximum absolute atomic E-state index is 12.5.